The third kappa shape index (κ3) is 28.7. The molecule has 13 amide bonds. The third-order valence-corrected chi connectivity index (χ3v) is 20.9. The van der Waals surface area contributed by atoms with Crippen molar-refractivity contribution in [2.24, 2.45) is 52.5 Å². The number of benzene rings is 3. The topological polar surface area (TPSA) is 710 Å². The van der Waals surface area contributed by atoms with Gasteiger partial charge in [-0.05, 0) is 165 Å². The number of rotatable bonds is 36. The van der Waals surface area contributed by atoms with Gasteiger partial charge in [0, 0.05) is 56.4 Å². The van der Waals surface area contributed by atoms with Crippen LogP contribution in [0.25, 0.3) is 10.9 Å². The number of aliphatic hydroxyl groups excluding tert-OH is 2. The number of aromatic nitrogens is 4. The summed E-state index contributed by atoms with van der Waals surface area (Å²) in [4.78, 5) is 211. The summed E-state index contributed by atoms with van der Waals surface area (Å²) >= 11 is 0. The molecular weight excluding hydrogens is 1610 g/mol. The van der Waals surface area contributed by atoms with Gasteiger partial charge in [-0.1, -0.05) is 50.2 Å². The molecule has 0 saturated carbocycles. The number of amides is 13. The largest absolute Gasteiger partial charge is 0.481 e. The summed E-state index contributed by atoms with van der Waals surface area (Å²) in [5.74, 6) is -16.2. The fourth-order valence-electron chi connectivity index (χ4n) is 13.0. The van der Waals surface area contributed by atoms with Crippen molar-refractivity contribution in [1.29, 1.82) is 0 Å². The number of carboxylic acids is 1. The molecule has 44 nitrogen and oxygen atoms in total. The zero-order valence-corrected chi connectivity index (χ0v) is 70.0. The number of hydrogen-bond donors (Lipinski definition) is 22. The number of aliphatic carboxylic acids is 1. The van der Waals surface area contributed by atoms with Gasteiger partial charge in [-0.15, -0.1) is 0 Å². The van der Waals surface area contributed by atoms with E-state index in [1.807, 2.05) is 13.0 Å². The second kappa shape index (κ2) is 46.8. The zero-order valence-electron chi connectivity index (χ0n) is 69.2. The Balaban J connectivity index is 1.33. The van der Waals surface area contributed by atoms with Crippen LogP contribution in [-0.2, 0) is 90.6 Å². The first-order valence-corrected chi connectivity index (χ1v) is 41.2. The van der Waals surface area contributed by atoms with Crippen LogP contribution in [0.4, 0.5) is 23.1 Å². The smallest absolute Gasteiger partial charge is 0.303 e. The summed E-state index contributed by atoms with van der Waals surface area (Å²) in [5.41, 5.74) is 38.5. The quantitative estimate of drug-likeness (QED) is 0.0177. The number of nitrogens with two attached hydrogens (primary N) is 7. The number of carboxylic acid groups (broad SMARTS) is 1. The van der Waals surface area contributed by atoms with Gasteiger partial charge in [0.05, 0.1) is 40.8 Å². The highest BCUT2D eigenvalue weighted by Crippen LogP contribution is 2.32. The van der Waals surface area contributed by atoms with E-state index in [9.17, 15) is 86.1 Å². The molecule has 668 valence electrons. The second-order valence-electron chi connectivity index (χ2n) is 29.9. The highest BCUT2D eigenvalue weighted by molar-refractivity contribution is 7.89. The van der Waals surface area contributed by atoms with Crippen molar-refractivity contribution < 1.29 is 90.9 Å². The van der Waals surface area contributed by atoms with Gasteiger partial charge in [-0.2, -0.15) is 10.1 Å². The number of primary sulfonamides is 1. The van der Waals surface area contributed by atoms with Crippen molar-refractivity contribution in [2.45, 2.75) is 202 Å². The van der Waals surface area contributed by atoms with Gasteiger partial charge in [-0.25, -0.2) is 23.4 Å². The third-order valence-electron chi connectivity index (χ3n) is 19.9. The van der Waals surface area contributed by atoms with Gasteiger partial charge in [0.1, 0.15) is 72.3 Å². The van der Waals surface area contributed by atoms with Crippen LogP contribution in [0.1, 0.15) is 109 Å². The molecule has 3 aromatic carbocycles. The lowest BCUT2D eigenvalue weighted by Crippen LogP contribution is -2.62. The number of sulfonamides is 1. The Labute approximate surface area is 704 Å². The number of nitrogens with zero attached hydrogens (tertiary/aromatic N) is 6. The van der Waals surface area contributed by atoms with Crippen LogP contribution in [0.15, 0.2) is 83.9 Å². The first-order valence-electron chi connectivity index (χ1n) is 39.6. The number of nitrogens with one attached hydrogen (secondary N) is 12. The van der Waals surface area contributed by atoms with Crippen LogP contribution in [0.5, 0.6) is 0 Å². The normalized spacial score (nSPS) is 19.8. The van der Waals surface area contributed by atoms with E-state index in [-0.39, 0.29) is 81.3 Å². The predicted octanol–water partition coefficient (Wildman–Crippen LogP) is -6.71. The lowest BCUT2D eigenvalue weighted by molar-refractivity contribution is -0.138. The van der Waals surface area contributed by atoms with E-state index in [1.165, 1.54) is 31.3 Å². The predicted molar refractivity (Wildman–Crippen MR) is 445 cm³/mol. The molecule has 2 aromatic heterocycles. The minimum absolute atomic E-state index is 0.0147. The fraction of sp³-hybridized carbons (Fsp3) is 0.519. The van der Waals surface area contributed by atoms with Crippen molar-refractivity contribution in [3.05, 3.63) is 95.8 Å². The Bertz CT molecular complexity index is 4650. The molecule has 122 heavy (non-hydrogen) atoms. The lowest BCUT2D eigenvalue weighted by atomic mass is 10.00. The average molecular weight is 1730 g/mol. The highest BCUT2D eigenvalue weighted by atomic mass is 32.2. The molecule has 0 unspecified atom stereocenters. The molecule has 0 aliphatic carbocycles. The zero-order chi connectivity index (χ0) is 90.6. The summed E-state index contributed by atoms with van der Waals surface area (Å²) < 4.78 is 27.8. The summed E-state index contributed by atoms with van der Waals surface area (Å²) in [5, 5.41) is 72.5. The second-order valence-corrected chi connectivity index (χ2v) is 31.5. The van der Waals surface area contributed by atoms with Crippen molar-refractivity contribution in [2.75, 3.05) is 56.1 Å². The molecule has 45 heteroatoms. The summed E-state index contributed by atoms with van der Waals surface area (Å²) in [6, 6.07) is -1.48. The van der Waals surface area contributed by atoms with E-state index in [1.54, 1.807) is 80.0 Å². The Hall–Kier alpha value is -11.8. The molecule has 6 rings (SSSR count). The molecule has 0 radical (unpaired) electrons. The molecule has 14 atom stereocenters. The van der Waals surface area contributed by atoms with Crippen molar-refractivity contribution in [3.63, 3.8) is 0 Å². The molecule has 0 spiro atoms. The van der Waals surface area contributed by atoms with E-state index in [2.05, 4.69) is 78.9 Å². The molecule has 5 aromatic rings. The molecular formula is C77H115N25O19S. The Kier molecular flexibility index (Phi) is 38.0. The maximum absolute atomic E-state index is 15.3. The number of hydrogen-bond acceptors (Lipinski definition) is 28. The standard InChI is InChI=1S/C77H115N25O19S/c1-39(2)34-56-72(115)89-49(20-27-78)66(109)88-52(23-30-81)70(113)97-63(42(5)103)75(118)85-32-25-54(69(112)87-50(21-28-79)68(111)95-57(73(116)94-56)35-44-12-10-9-11-13-44)91-67(110)51(22-29-80)92-76(119)64(43(6)104)98-71(114)53(24-31-82)90-74(117)58(93-65(108)48(83)18-19-62(106)107)38-61(105)102(46-15-14-40(3)59(37-46)122(84,120)121)77-86-33-26-60(96-77)100(7)45-16-17-47-41(4)101(8)99-55(47)36-45/h9-17,26,33,36-37,39,42-43,48-54,56-58,63-64,103-104H,18-25,27-32,34-35,38,78-83H2,1-8H3,(H,85,118)(H,87,112)(H,88,109)(H,89,115)(H,90,117)(H,91,110)(H,92,119)(H,93,108)(H,94,116)(H,95,111)(H,97,113)(H,98,114)(H,106,107)(H2,84,120,121)/t42-,43-,48+,49+,50+,51+,52+,53-,54+,56+,57-,58+,63+,64+/m1/s1. The monoisotopic (exact) mass is 1730 g/mol. The van der Waals surface area contributed by atoms with E-state index in [0.29, 0.717) is 16.8 Å². The van der Waals surface area contributed by atoms with Crippen LogP contribution in [0.2, 0.25) is 0 Å². The molecule has 29 N–H and O–H groups in total. The Morgan fingerprint density at radius 2 is 1.15 bits per heavy atom. The van der Waals surface area contributed by atoms with Crippen molar-refractivity contribution in [1.82, 2.24) is 83.5 Å². The maximum atomic E-state index is 15.3. The number of anilines is 4. The van der Waals surface area contributed by atoms with E-state index >= 15 is 4.79 Å². The first kappa shape index (κ1) is 99.0. The van der Waals surface area contributed by atoms with E-state index in [4.69, 9.17) is 39.5 Å². The fourth-order valence-corrected chi connectivity index (χ4v) is 13.8. The number of carbonyl (C=O) groups excluding carboxylic acids is 13. The van der Waals surface area contributed by atoms with Gasteiger partial charge >= 0.3 is 5.97 Å². The van der Waals surface area contributed by atoms with Gasteiger partial charge in [0.2, 0.25) is 92.8 Å². The van der Waals surface area contributed by atoms with Crippen LogP contribution >= 0.6 is 0 Å². The van der Waals surface area contributed by atoms with Crippen LogP contribution < -0.4 is 113 Å². The van der Waals surface area contributed by atoms with Gasteiger partial charge in [-0.3, -0.25) is 71.8 Å². The summed E-state index contributed by atoms with van der Waals surface area (Å²) in [6.45, 7) is 7.00. The minimum atomic E-state index is -4.52. The average Bonchev–Trinajstić information content (AvgIpc) is 0.788. The minimum Gasteiger partial charge on any atom is -0.481 e. The summed E-state index contributed by atoms with van der Waals surface area (Å²) in [6.07, 6.45) is -6.96. The van der Waals surface area contributed by atoms with E-state index in [0.717, 1.165) is 35.9 Å². The molecule has 3 heterocycles. The van der Waals surface area contributed by atoms with Gasteiger partial charge < -0.3 is 118 Å². The van der Waals surface area contributed by atoms with Crippen molar-refractivity contribution >= 4 is 127 Å². The molecule has 1 aliphatic heterocycles. The SMILES string of the molecule is Cc1ccc(N(C(=O)C[C@H](NC(=O)[C@@H](N)CCC(=O)O)C(=O)N[C@H](CCN)C(=O)N[C@H](C(=O)N[C@@H](CCN)C(=O)N[C@H]2CCNC(=O)[C@H]([C@@H](C)O)NC(=O)[C@H](CCN)NC(=O)[C@H](CCN)NC(=O)[C@H](CC(C)C)NC(=O)[C@@H](Cc3ccccc3)NC(=O)[C@H](CCN)NC2=O)[C@@H](C)O)c2nccc(N(C)c3ccc4c(C)n(C)nc4c3)n2)cc1S(N)(=O)=O. The number of aryl methyl sites for hydroxylation is 3. The van der Waals surface area contributed by atoms with Crippen molar-refractivity contribution in [3.8, 4) is 0 Å². The van der Waals surface area contributed by atoms with E-state index < -0.39 is 240 Å². The maximum Gasteiger partial charge on any atom is 0.303 e. The molecule has 0 bridgehead atoms. The number of fused-ring (bicyclic) bond motifs is 1. The first-order chi connectivity index (χ1) is 57.6. The highest BCUT2D eigenvalue weighted by Gasteiger charge is 2.40. The molecule has 1 fully saturated rings. The Morgan fingerprint density at radius 3 is 1.71 bits per heavy atom. The van der Waals surface area contributed by atoms with Gasteiger partial charge in [0.25, 0.3) is 0 Å². The van der Waals surface area contributed by atoms with Gasteiger partial charge in [0.15, 0.2) is 0 Å². The van der Waals surface area contributed by atoms with Crippen LogP contribution in [0.3, 0.4) is 0 Å². The summed E-state index contributed by atoms with van der Waals surface area (Å²) in [7, 11) is -1.09. The number of aliphatic hydroxyl groups is 2. The molecule has 1 saturated heterocycles. The number of carbonyl (C=O) groups is 14. The molecule has 1 aliphatic rings. The van der Waals surface area contributed by atoms with Crippen LogP contribution in [-0.4, -0.2) is 257 Å². The van der Waals surface area contributed by atoms with Crippen LogP contribution in [0, 0.1) is 19.8 Å². The Morgan fingerprint density at radius 1 is 0.615 bits per heavy atom. The lowest BCUT2D eigenvalue weighted by Gasteiger charge is -2.29.